The van der Waals surface area contributed by atoms with Crippen molar-refractivity contribution in [2.24, 2.45) is 11.3 Å². The van der Waals surface area contributed by atoms with Crippen LogP contribution in [0.4, 0.5) is 5.69 Å². The van der Waals surface area contributed by atoms with Crippen molar-refractivity contribution in [3.05, 3.63) is 47.7 Å². The molecule has 5 amide bonds. The third-order valence-electron chi connectivity index (χ3n) is 5.72. The minimum Gasteiger partial charge on any atom is -0.677 e. The first-order valence-electron chi connectivity index (χ1n) is 14.1. The Labute approximate surface area is 340 Å². The van der Waals surface area contributed by atoms with Gasteiger partial charge in [-0.3, -0.25) is 28.9 Å². The molecule has 0 unspecified atom stereocenters. The third-order valence-corrected chi connectivity index (χ3v) is 5.72. The summed E-state index contributed by atoms with van der Waals surface area (Å²) in [4.78, 5) is 69.0. The summed E-state index contributed by atoms with van der Waals surface area (Å²) in [5, 5.41) is 14.3. The summed E-state index contributed by atoms with van der Waals surface area (Å²) in [6.45, 7) is 13.4. The third kappa shape index (κ3) is 22.2. The van der Waals surface area contributed by atoms with E-state index < -0.39 is 11.0 Å². The number of ether oxygens (including phenoxy) is 1. The average Bonchev–Trinajstić information content (AvgIpc) is 3.33. The molecule has 251 valence electrons. The number of nitrogens with zero attached hydrogens (tertiary/aromatic N) is 1. The van der Waals surface area contributed by atoms with Crippen molar-refractivity contribution in [1.82, 2.24) is 15.5 Å². The average molecular weight is 749 g/mol. The van der Waals surface area contributed by atoms with Crippen LogP contribution in [0.5, 0.6) is 0 Å². The zero-order chi connectivity index (χ0) is 34.2. The number of nitrogens with one attached hydrogen (secondary N) is 4. The van der Waals surface area contributed by atoms with E-state index >= 15 is 0 Å². The fourth-order valence-electron chi connectivity index (χ4n) is 4.06. The molecule has 0 aromatic heterocycles. The second-order valence-corrected chi connectivity index (χ2v) is 10.7. The topological polar surface area (TPSA) is 221 Å². The number of hydrogen-bond donors (Lipinski definition) is 5. The van der Waals surface area contributed by atoms with Crippen LogP contribution < -0.4 is 73.2 Å². The molecule has 0 spiro atoms. The van der Waals surface area contributed by atoms with E-state index in [4.69, 9.17) is 10.9 Å². The number of benzene rings is 1. The Hall–Kier alpha value is -1.40. The molecular weight excluding hydrogens is 700 g/mol. The molecule has 14 nitrogen and oxygen atoms in total. The second kappa shape index (κ2) is 29.7. The summed E-state index contributed by atoms with van der Waals surface area (Å²) < 4.78 is 4.42. The number of imide groups is 1. The summed E-state index contributed by atoms with van der Waals surface area (Å²) in [6, 6.07) is 6.95. The number of carbonyl (C=O) groups is 5. The fraction of sp³-hybridized carbons (Fsp3) is 0.533. The molecule has 0 saturated carbocycles. The van der Waals surface area contributed by atoms with Crippen molar-refractivity contribution >= 4 is 42.2 Å². The molecule has 1 heterocycles. The molecule has 0 aliphatic carbocycles. The predicted molar refractivity (Wildman–Crippen MR) is 166 cm³/mol. The van der Waals surface area contributed by atoms with Gasteiger partial charge in [0.2, 0.25) is 18.2 Å². The Balaban J connectivity index is -0.000000370. The van der Waals surface area contributed by atoms with Crippen LogP contribution in [0, 0.1) is 5.41 Å². The van der Waals surface area contributed by atoms with Gasteiger partial charge in [0, 0.05) is 68.0 Å². The molecule has 2 rings (SSSR count). The number of unbranched alkanes of at least 4 members (excludes halogenated alkanes) is 1. The largest absolute Gasteiger partial charge is 1.00 e. The quantitative estimate of drug-likeness (QED) is 0.0399. The Morgan fingerprint density at radius 1 is 1.02 bits per heavy atom. The van der Waals surface area contributed by atoms with Crippen molar-refractivity contribution in [1.29, 1.82) is 0 Å². The van der Waals surface area contributed by atoms with Crippen LogP contribution >= 0.6 is 0 Å². The van der Waals surface area contributed by atoms with Crippen LogP contribution in [0.15, 0.2) is 36.4 Å². The van der Waals surface area contributed by atoms with Gasteiger partial charge in [0.05, 0.1) is 13.2 Å². The van der Waals surface area contributed by atoms with Crippen molar-refractivity contribution in [3.8, 4) is 0 Å². The van der Waals surface area contributed by atoms with Crippen molar-refractivity contribution in [3.63, 3.8) is 0 Å². The molecule has 1 aliphatic rings. The van der Waals surface area contributed by atoms with E-state index in [1.807, 2.05) is 0 Å². The number of hydrogen-bond acceptors (Lipinski definition) is 9. The van der Waals surface area contributed by atoms with E-state index in [0.717, 1.165) is 23.3 Å². The van der Waals surface area contributed by atoms with Gasteiger partial charge in [0.15, 0.2) is 0 Å². The SMILES string of the molecule is CC(C)(CC(C)(C)N1C(=O)C=CC1=O)C(=O)NCC(=O)NCCCC[NH-].CCC.NO.O=[C-]OCc1ccc(NC=O)cc1.[K+].[Y]. The van der Waals surface area contributed by atoms with Gasteiger partial charge >= 0.3 is 51.4 Å². The maximum absolute atomic E-state index is 12.5. The minimum atomic E-state index is -0.877. The fourth-order valence-corrected chi connectivity index (χ4v) is 4.06. The van der Waals surface area contributed by atoms with Crippen LogP contribution in [0.1, 0.15) is 72.8 Å². The molecule has 1 radical (unpaired) electrons. The normalized spacial score (nSPS) is 11.4. The molecule has 1 aliphatic heterocycles. The Bertz CT molecular complexity index is 1050. The van der Waals surface area contributed by atoms with Gasteiger partial charge in [-0.05, 0) is 44.4 Å². The molecule has 16 heteroatoms. The zero-order valence-corrected chi connectivity index (χ0v) is 34.1. The molecular formula is C30H48KN6O8Y-. The predicted octanol–water partition coefficient (Wildman–Crippen LogP) is -0.238. The molecule has 46 heavy (non-hydrogen) atoms. The number of nitrogens with two attached hydrogens (primary N) is 1. The first-order chi connectivity index (χ1) is 20.8. The van der Waals surface area contributed by atoms with Crippen LogP contribution in [-0.4, -0.2) is 71.8 Å². The van der Waals surface area contributed by atoms with Crippen molar-refractivity contribution in [2.45, 2.75) is 79.4 Å². The van der Waals surface area contributed by atoms with Gasteiger partial charge in [0.25, 0.3) is 11.8 Å². The van der Waals surface area contributed by atoms with Gasteiger partial charge in [-0.15, -0.1) is 0 Å². The van der Waals surface area contributed by atoms with E-state index in [-0.39, 0.29) is 127 Å². The number of rotatable bonds is 15. The van der Waals surface area contributed by atoms with E-state index in [0.29, 0.717) is 25.2 Å². The van der Waals surface area contributed by atoms with Crippen LogP contribution in [-0.2, 0) is 72.8 Å². The van der Waals surface area contributed by atoms with Gasteiger partial charge in [0.1, 0.15) is 0 Å². The Morgan fingerprint density at radius 3 is 2.00 bits per heavy atom. The molecule has 1 aromatic rings. The number of carbonyl (C=O) groups excluding carboxylic acids is 6. The minimum absolute atomic E-state index is 0. The number of anilines is 1. The monoisotopic (exact) mass is 748 g/mol. The molecule has 0 atom stereocenters. The van der Waals surface area contributed by atoms with Gasteiger partial charge in [-0.25, -0.2) is 5.90 Å². The first kappa shape index (κ1) is 51.4. The van der Waals surface area contributed by atoms with E-state index in [1.54, 1.807) is 52.0 Å². The van der Waals surface area contributed by atoms with Crippen LogP contribution in [0.2, 0.25) is 0 Å². The summed E-state index contributed by atoms with van der Waals surface area (Å²) in [7, 11) is 0. The molecule has 7 N–H and O–H groups in total. The van der Waals surface area contributed by atoms with Gasteiger partial charge < -0.3 is 36.4 Å². The summed E-state index contributed by atoms with van der Waals surface area (Å²) >= 11 is 0. The Kier molecular flexibility index (Phi) is 33.2. The van der Waals surface area contributed by atoms with E-state index in [9.17, 15) is 28.8 Å². The first-order valence-corrected chi connectivity index (χ1v) is 14.1. The van der Waals surface area contributed by atoms with Crippen LogP contribution in [0.25, 0.3) is 5.73 Å². The smallest absolute Gasteiger partial charge is 0.677 e. The molecule has 0 bridgehead atoms. The Morgan fingerprint density at radius 2 is 1.54 bits per heavy atom. The van der Waals surface area contributed by atoms with Crippen LogP contribution in [0.3, 0.4) is 0 Å². The molecule has 0 saturated heterocycles. The summed E-state index contributed by atoms with van der Waals surface area (Å²) in [5.74, 6) is 2.12. The molecule has 0 fully saturated rings. The zero-order valence-electron chi connectivity index (χ0n) is 28.1. The summed E-state index contributed by atoms with van der Waals surface area (Å²) in [5.41, 5.74) is 6.87. The maximum atomic E-state index is 12.5. The second-order valence-electron chi connectivity index (χ2n) is 10.7. The van der Waals surface area contributed by atoms with Crippen molar-refractivity contribution < 1.29 is 123 Å². The van der Waals surface area contributed by atoms with Gasteiger partial charge in [-0.2, -0.15) is 6.54 Å². The van der Waals surface area contributed by atoms with Gasteiger partial charge in [-0.1, -0.05) is 59.1 Å². The van der Waals surface area contributed by atoms with Crippen molar-refractivity contribution in [2.75, 3.05) is 25.0 Å². The number of amides is 5. The maximum Gasteiger partial charge on any atom is 1.00 e. The molecule has 1 aromatic carbocycles. The summed E-state index contributed by atoms with van der Waals surface area (Å²) in [6.07, 6.45) is 6.01. The van der Waals surface area contributed by atoms with E-state index in [1.165, 1.54) is 25.0 Å². The standard InChI is InChI=1S/C18H29N4O4.C9H8NO3.C3H8.K.H3NO.Y/c1-17(2,12-18(3,4)22-14(24)7-8-15(22)25)16(26)21-11-13(23)20-10-6-5-9-19;11-6-10-9-3-1-8(2-4-9)5-13-7-12;1-3-2;;1-2;/h7-8,19H,5-6,9-12H2,1-4H3,(H,20,23)(H,21,26);1-4,6H,5H2,(H,10,11);3H2,1-2H3;;2H,1H2;/q2*-1;;+1;;. The van der Waals surface area contributed by atoms with E-state index in [2.05, 4.69) is 40.4 Å².